The molecule has 0 aliphatic carbocycles. The van der Waals surface area contributed by atoms with Gasteiger partial charge in [0.25, 0.3) is 0 Å². The number of amides is 2. The van der Waals surface area contributed by atoms with Gasteiger partial charge in [0.2, 0.25) is 0 Å². The second-order valence-corrected chi connectivity index (χ2v) is 8.33. The number of carbonyl (C=O) groups is 1. The molecule has 0 saturated carbocycles. The summed E-state index contributed by atoms with van der Waals surface area (Å²) in [5.74, 6) is 1.40. The van der Waals surface area contributed by atoms with E-state index in [-0.39, 0.29) is 11.4 Å². The number of rotatable bonds is 4. The summed E-state index contributed by atoms with van der Waals surface area (Å²) in [6.45, 7) is 8.37. The first-order valence-corrected chi connectivity index (χ1v) is 9.50. The Hall–Kier alpha value is -2.86. The maximum atomic E-state index is 12.3. The lowest BCUT2D eigenvalue weighted by atomic mass is 9.96. The van der Waals surface area contributed by atoms with Crippen LogP contribution in [0.4, 0.5) is 15.6 Å². The first kappa shape index (κ1) is 18.9. The molecule has 0 unspecified atom stereocenters. The molecule has 0 spiro atoms. The zero-order valence-electron chi connectivity index (χ0n) is 15.9. The number of thiazole rings is 1. The van der Waals surface area contributed by atoms with Crippen molar-refractivity contribution in [2.24, 2.45) is 0 Å². The van der Waals surface area contributed by atoms with E-state index in [1.165, 1.54) is 16.9 Å². The summed E-state index contributed by atoms with van der Waals surface area (Å²) < 4.78 is 5.83. The number of nitrogens with zero attached hydrogens (tertiary/aromatic N) is 1. The first-order chi connectivity index (χ1) is 12.8. The Morgan fingerprint density at radius 1 is 1.04 bits per heavy atom. The van der Waals surface area contributed by atoms with Crippen LogP contribution in [0.15, 0.2) is 54.7 Å². The van der Waals surface area contributed by atoms with Crippen molar-refractivity contribution in [3.05, 3.63) is 65.2 Å². The van der Waals surface area contributed by atoms with Crippen molar-refractivity contribution < 1.29 is 9.53 Å². The van der Waals surface area contributed by atoms with E-state index in [4.69, 9.17) is 4.74 Å². The minimum atomic E-state index is -0.336. The summed E-state index contributed by atoms with van der Waals surface area (Å²) in [5.41, 5.74) is 1.83. The van der Waals surface area contributed by atoms with Crippen molar-refractivity contribution in [3.63, 3.8) is 0 Å². The number of aryl methyl sites for hydroxylation is 1. The van der Waals surface area contributed by atoms with Crippen LogP contribution in [0.25, 0.3) is 0 Å². The highest BCUT2D eigenvalue weighted by Crippen LogP contribution is 2.30. The maximum absolute atomic E-state index is 12.3. The van der Waals surface area contributed by atoms with Gasteiger partial charge in [-0.1, -0.05) is 44.5 Å². The first-order valence-electron chi connectivity index (χ1n) is 8.68. The highest BCUT2D eigenvalue weighted by atomic mass is 32.1. The molecule has 140 valence electrons. The lowest BCUT2D eigenvalue weighted by molar-refractivity contribution is 0.262. The van der Waals surface area contributed by atoms with Crippen molar-refractivity contribution >= 4 is 28.2 Å². The topological polar surface area (TPSA) is 63.2 Å². The van der Waals surface area contributed by atoms with Crippen LogP contribution in [0.1, 0.15) is 31.2 Å². The SMILES string of the molecule is Cc1ccc(Oc2cccc(NC(=O)Nc3ncc(C(C)(C)C)s3)c2)cc1. The van der Waals surface area contributed by atoms with Crippen LogP contribution in [0.3, 0.4) is 0 Å². The van der Waals surface area contributed by atoms with Gasteiger partial charge in [-0.2, -0.15) is 0 Å². The van der Waals surface area contributed by atoms with Crippen molar-refractivity contribution in [1.29, 1.82) is 0 Å². The van der Waals surface area contributed by atoms with Crippen LogP contribution >= 0.6 is 11.3 Å². The van der Waals surface area contributed by atoms with Crippen LogP contribution in [0, 0.1) is 6.92 Å². The number of hydrogen-bond acceptors (Lipinski definition) is 4. The number of hydrogen-bond donors (Lipinski definition) is 2. The number of carbonyl (C=O) groups excluding carboxylic acids is 1. The fourth-order valence-electron chi connectivity index (χ4n) is 2.32. The van der Waals surface area contributed by atoms with Crippen LogP contribution in [0.2, 0.25) is 0 Å². The molecule has 0 fully saturated rings. The van der Waals surface area contributed by atoms with Crippen molar-refractivity contribution in [3.8, 4) is 11.5 Å². The molecule has 3 aromatic rings. The minimum absolute atomic E-state index is 0.00964. The van der Waals surface area contributed by atoms with E-state index in [1.54, 1.807) is 12.3 Å². The normalized spacial score (nSPS) is 11.1. The molecule has 0 radical (unpaired) electrons. The van der Waals surface area contributed by atoms with E-state index < -0.39 is 0 Å². The monoisotopic (exact) mass is 381 g/mol. The maximum Gasteiger partial charge on any atom is 0.325 e. The third-order valence-corrected chi connectivity index (χ3v) is 5.15. The Bertz CT molecular complexity index is 927. The van der Waals surface area contributed by atoms with Gasteiger partial charge in [0.05, 0.1) is 0 Å². The minimum Gasteiger partial charge on any atom is -0.457 e. The average molecular weight is 382 g/mol. The number of ether oxygens (including phenoxy) is 1. The molecule has 5 nitrogen and oxygen atoms in total. The standard InChI is InChI=1S/C21H23N3O2S/c1-14-8-10-16(11-9-14)26-17-7-5-6-15(12-17)23-19(25)24-20-22-13-18(27-20)21(2,3)4/h5-13H,1-4H3,(H2,22,23,24,25). The van der Waals surface area contributed by atoms with Gasteiger partial charge in [0, 0.05) is 22.8 Å². The van der Waals surface area contributed by atoms with E-state index in [2.05, 4.69) is 36.4 Å². The summed E-state index contributed by atoms with van der Waals surface area (Å²) in [6, 6.07) is 14.7. The summed E-state index contributed by atoms with van der Waals surface area (Å²) in [4.78, 5) is 17.6. The molecule has 0 atom stereocenters. The van der Waals surface area contributed by atoms with Gasteiger partial charge in [0.15, 0.2) is 5.13 Å². The Morgan fingerprint density at radius 3 is 2.44 bits per heavy atom. The van der Waals surface area contributed by atoms with Gasteiger partial charge in [-0.3, -0.25) is 5.32 Å². The van der Waals surface area contributed by atoms with Gasteiger partial charge in [0.1, 0.15) is 11.5 Å². The largest absolute Gasteiger partial charge is 0.457 e. The zero-order chi connectivity index (χ0) is 19.4. The average Bonchev–Trinajstić information content (AvgIpc) is 3.06. The molecular weight excluding hydrogens is 358 g/mol. The summed E-state index contributed by atoms with van der Waals surface area (Å²) in [6.07, 6.45) is 1.80. The van der Waals surface area contributed by atoms with E-state index in [9.17, 15) is 4.79 Å². The molecular formula is C21H23N3O2S. The molecule has 27 heavy (non-hydrogen) atoms. The molecule has 2 amide bonds. The fraction of sp³-hybridized carbons (Fsp3) is 0.238. The number of urea groups is 1. The number of anilines is 2. The van der Waals surface area contributed by atoms with E-state index in [1.807, 2.05) is 49.4 Å². The number of nitrogens with one attached hydrogen (secondary N) is 2. The smallest absolute Gasteiger partial charge is 0.325 e. The molecule has 0 aliphatic heterocycles. The third kappa shape index (κ3) is 5.31. The zero-order valence-corrected chi connectivity index (χ0v) is 16.7. The summed E-state index contributed by atoms with van der Waals surface area (Å²) in [5, 5.41) is 6.16. The van der Waals surface area contributed by atoms with E-state index >= 15 is 0 Å². The van der Waals surface area contributed by atoms with Gasteiger partial charge < -0.3 is 10.1 Å². The van der Waals surface area contributed by atoms with E-state index in [0.29, 0.717) is 16.6 Å². The number of benzene rings is 2. The Labute approximate surface area is 163 Å². The second-order valence-electron chi connectivity index (χ2n) is 7.30. The third-order valence-electron chi connectivity index (χ3n) is 3.81. The molecule has 0 aliphatic rings. The molecule has 2 N–H and O–H groups in total. The fourth-order valence-corrected chi connectivity index (χ4v) is 3.19. The molecule has 0 saturated heterocycles. The van der Waals surface area contributed by atoms with Gasteiger partial charge in [-0.05, 0) is 36.6 Å². The van der Waals surface area contributed by atoms with Crippen LogP contribution in [-0.4, -0.2) is 11.0 Å². The Kier molecular flexibility index (Phi) is 5.46. The molecule has 6 heteroatoms. The van der Waals surface area contributed by atoms with Crippen LogP contribution in [-0.2, 0) is 5.41 Å². The lowest BCUT2D eigenvalue weighted by Crippen LogP contribution is -2.19. The second kappa shape index (κ2) is 7.80. The Balaban J connectivity index is 1.62. The lowest BCUT2D eigenvalue weighted by Gasteiger charge is -2.14. The van der Waals surface area contributed by atoms with Gasteiger partial charge in [-0.15, -0.1) is 11.3 Å². The molecule has 0 bridgehead atoms. The van der Waals surface area contributed by atoms with E-state index in [0.717, 1.165) is 10.6 Å². The molecule has 1 heterocycles. The van der Waals surface area contributed by atoms with Crippen LogP contribution in [0.5, 0.6) is 11.5 Å². The van der Waals surface area contributed by atoms with Gasteiger partial charge in [-0.25, -0.2) is 9.78 Å². The van der Waals surface area contributed by atoms with Crippen molar-refractivity contribution in [2.75, 3.05) is 10.6 Å². The molecule has 1 aromatic heterocycles. The highest BCUT2D eigenvalue weighted by molar-refractivity contribution is 7.15. The predicted molar refractivity (Wildman–Crippen MR) is 111 cm³/mol. The highest BCUT2D eigenvalue weighted by Gasteiger charge is 2.18. The predicted octanol–water partition coefficient (Wildman–Crippen LogP) is 6.19. The summed E-state index contributed by atoms with van der Waals surface area (Å²) in [7, 11) is 0. The van der Waals surface area contributed by atoms with Crippen LogP contribution < -0.4 is 15.4 Å². The molecule has 3 rings (SSSR count). The number of aromatic nitrogens is 1. The molecule has 2 aromatic carbocycles. The van der Waals surface area contributed by atoms with Crippen molar-refractivity contribution in [2.45, 2.75) is 33.1 Å². The quantitative estimate of drug-likeness (QED) is 0.567. The Morgan fingerprint density at radius 2 is 1.78 bits per heavy atom. The van der Waals surface area contributed by atoms with Crippen molar-refractivity contribution in [1.82, 2.24) is 4.98 Å². The van der Waals surface area contributed by atoms with Gasteiger partial charge >= 0.3 is 6.03 Å². The summed E-state index contributed by atoms with van der Waals surface area (Å²) >= 11 is 1.48.